The average Bonchev–Trinajstić information content (AvgIpc) is 2.50. The summed E-state index contributed by atoms with van der Waals surface area (Å²) in [6.07, 6.45) is 2.68. The Morgan fingerprint density at radius 2 is 2.06 bits per heavy atom. The van der Waals surface area contributed by atoms with Crippen LogP contribution < -0.4 is 5.73 Å². The van der Waals surface area contributed by atoms with Crippen LogP contribution in [-0.2, 0) is 0 Å². The van der Waals surface area contributed by atoms with Crippen LogP contribution in [0.25, 0.3) is 0 Å². The maximum atomic E-state index is 5.91. The Hall–Kier alpha value is -0.120. The number of hydrogen-bond donors (Lipinski definition) is 1. The SMILES string of the molecule is CN1CCCC1CN(C)C(CN)C(C)(C)C. The molecule has 3 nitrogen and oxygen atoms in total. The molecule has 1 fully saturated rings. The molecule has 1 rings (SSSR count). The third-order valence-corrected chi connectivity index (χ3v) is 3.93. The summed E-state index contributed by atoms with van der Waals surface area (Å²) in [7, 11) is 4.45. The van der Waals surface area contributed by atoms with Gasteiger partial charge < -0.3 is 15.5 Å². The van der Waals surface area contributed by atoms with Gasteiger partial charge in [0.2, 0.25) is 0 Å². The first-order valence-corrected chi connectivity index (χ1v) is 6.46. The summed E-state index contributed by atoms with van der Waals surface area (Å²) in [5, 5.41) is 0. The Morgan fingerprint density at radius 3 is 2.44 bits per heavy atom. The fraction of sp³-hybridized carbons (Fsp3) is 1.00. The van der Waals surface area contributed by atoms with Crippen LogP contribution in [0.2, 0.25) is 0 Å². The summed E-state index contributed by atoms with van der Waals surface area (Å²) >= 11 is 0. The Morgan fingerprint density at radius 1 is 1.44 bits per heavy atom. The third kappa shape index (κ3) is 3.44. The van der Waals surface area contributed by atoms with Crippen LogP contribution in [0.15, 0.2) is 0 Å². The van der Waals surface area contributed by atoms with Gasteiger partial charge in [0.1, 0.15) is 0 Å². The van der Waals surface area contributed by atoms with Crippen LogP contribution in [0.4, 0.5) is 0 Å². The Kier molecular flexibility index (Phi) is 4.77. The van der Waals surface area contributed by atoms with E-state index in [1.165, 1.54) is 19.4 Å². The van der Waals surface area contributed by atoms with E-state index in [-0.39, 0.29) is 5.41 Å². The highest BCUT2D eigenvalue weighted by atomic mass is 15.2. The molecule has 0 aromatic rings. The zero-order chi connectivity index (χ0) is 12.3. The molecule has 2 atom stereocenters. The van der Waals surface area contributed by atoms with Crippen LogP contribution in [0.1, 0.15) is 33.6 Å². The molecule has 0 aliphatic carbocycles. The van der Waals surface area contributed by atoms with Crippen LogP contribution in [0.5, 0.6) is 0 Å². The quantitative estimate of drug-likeness (QED) is 0.788. The molecule has 1 saturated heterocycles. The highest BCUT2D eigenvalue weighted by Crippen LogP contribution is 2.24. The highest BCUT2D eigenvalue weighted by Gasteiger charge is 2.30. The van der Waals surface area contributed by atoms with Crippen molar-refractivity contribution in [3.63, 3.8) is 0 Å². The van der Waals surface area contributed by atoms with Crippen molar-refractivity contribution in [2.24, 2.45) is 11.1 Å². The zero-order valence-corrected chi connectivity index (χ0v) is 11.7. The minimum absolute atomic E-state index is 0.265. The molecule has 0 aromatic carbocycles. The summed E-state index contributed by atoms with van der Waals surface area (Å²) in [6.45, 7) is 9.98. The smallest absolute Gasteiger partial charge is 0.0264 e. The zero-order valence-electron chi connectivity index (χ0n) is 11.7. The molecular weight excluding hydrogens is 198 g/mol. The molecule has 16 heavy (non-hydrogen) atoms. The molecule has 2 N–H and O–H groups in total. The van der Waals surface area contributed by atoms with Crippen molar-refractivity contribution in [2.45, 2.75) is 45.7 Å². The summed E-state index contributed by atoms with van der Waals surface area (Å²) in [4.78, 5) is 4.93. The normalized spacial score (nSPS) is 25.3. The van der Waals surface area contributed by atoms with E-state index in [1.54, 1.807) is 0 Å². The van der Waals surface area contributed by atoms with E-state index >= 15 is 0 Å². The Bertz CT molecular complexity index is 210. The van der Waals surface area contributed by atoms with Gasteiger partial charge in [0.25, 0.3) is 0 Å². The van der Waals surface area contributed by atoms with E-state index in [0.29, 0.717) is 6.04 Å². The lowest BCUT2D eigenvalue weighted by Gasteiger charge is -2.39. The van der Waals surface area contributed by atoms with Gasteiger partial charge in [0, 0.05) is 25.2 Å². The molecule has 0 saturated carbocycles. The van der Waals surface area contributed by atoms with E-state index in [1.807, 2.05) is 0 Å². The van der Waals surface area contributed by atoms with Crippen molar-refractivity contribution in [1.82, 2.24) is 9.80 Å². The predicted molar refractivity (Wildman–Crippen MR) is 70.6 cm³/mol. The summed E-state index contributed by atoms with van der Waals surface area (Å²) in [5.41, 5.74) is 6.18. The monoisotopic (exact) mass is 227 g/mol. The number of likely N-dealkylation sites (tertiary alicyclic amines) is 1. The number of rotatable bonds is 4. The van der Waals surface area contributed by atoms with Crippen LogP contribution in [0.3, 0.4) is 0 Å². The summed E-state index contributed by atoms with van der Waals surface area (Å²) in [5.74, 6) is 0. The van der Waals surface area contributed by atoms with Gasteiger partial charge in [-0.25, -0.2) is 0 Å². The Labute approximate surface area is 101 Å². The molecule has 0 radical (unpaired) electrons. The van der Waals surface area contributed by atoms with E-state index in [4.69, 9.17) is 5.73 Å². The average molecular weight is 227 g/mol. The number of hydrogen-bond acceptors (Lipinski definition) is 3. The van der Waals surface area contributed by atoms with Gasteiger partial charge in [-0.1, -0.05) is 20.8 Å². The van der Waals surface area contributed by atoms with Crippen molar-refractivity contribution >= 4 is 0 Å². The Balaban J connectivity index is 2.52. The molecular formula is C13H29N3. The number of nitrogens with two attached hydrogens (primary N) is 1. The second-order valence-corrected chi connectivity index (χ2v) is 6.33. The van der Waals surface area contributed by atoms with E-state index < -0.39 is 0 Å². The first-order chi connectivity index (χ1) is 7.36. The lowest BCUT2D eigenvalue weighted by Crippen LogP contribution is -2.50. The van der Waals surface area contributed by atoms with Crippen molar-refractivity contribution < 1.29 is 0 Å². The molecule has 3 heteroatoms. The van der Waals surface area contributed by atoms with Crippen molar-refractivity contribution in [3.05, 3.63) is 0 Å². The topological polar surface area (TPSA) is 32.5 Å². The summed E-state index contributed by atoms with van der Waals surface area (Å²) < 4.78 is 0. The standard InChI is InChI=1S/C13H29N3/c1-13(2,3)12(9-14)16(5)10-11-7-6-8-15(11)4/h11-12H,6-10,14H2,1-5H3. The number of nitrogens with zero attached hydrogens (tertiary/aromatic N) is 2. The molecule has 1 heterocycles. The first-order valence-electron chi connectivity index (χ1n) is 6.46. The maximum absolute atomic E-state index is 5.91. The molecule has 1 aliphatic heterocycles. The molecule has 1 aliphatic rings. The van der Waals surface area contributed by atoms with Crippen molar-refractivity contribution in [1.29, 1.82) is 0 Å². The van der Waals surface area contributed by atoms with Crippen molar-refractivity contribution in [2.75, 3.05) is 33.7 Å². The molecule has 2 unspecified atom stereocenters. The van der Waals surface area contributed by atoms with E-state index in [9.17, 15) is 0 Å². The van der Waals surface area contributed by atoms with E-state index in [2.05, 4.69) is 44.7 Å². The van der Waals surface area contributed by atoms with Gasteiger partial charge in [-0.3, -0.25) is 0 Å². The largest absolute Gasteiger partial charge is 0.329 e. The van der Waals surface area contributed by atoms with Crippen molar-refractivity contribution in [3.8, 4) is 0 Å². The van der Waals surface area contributed by atoms with E-state index in [0.717, 1.165) is 19.1 Å². The fourth-order valence-electron chi connectivity index (χ4n) is 2.86. The molecule has 0 bridgehead atoms. The second-order valence-electron chi connectivity index (χ2n) is 6.33. The number of likely N-dealkylation sites (N-methyl/N-ethyl adjacent to an activating group) is 2. The molecule has 96 valence electrons. The lowest BCUT2D eigenvalue weighted by molar-refractivity contribution is 0.105. The van der Waals surface area contributed by atoms with Crippen LogP contribution in [0, 0.1) is 5.41 Å². The predicted octanol–water partition coefficient (Wildman–Crippen LogP) is 1.39. The van der Waals surface area contributed by atoms with Crippen LogP contribution in [-0.4, -0.2) is 55.6 Å². The lowest BCUT2D eigenvalue weighted by atomic mass is 9.85. The van der Waals surface area contributed by atoms with Gasteiger partial charge in [-0.05, 0) is 38.9 Å². The van der Waals surface area contributed by atoms with Gasteiger partial charge in [0.15, 0.2) is 0 Å². The second kappa shape index (κ2) is 5.48. The third-order valence-electron chi connectivity index (χ3n) is 3.93. The van der Waals surface area contributed by atoms with Gasteiger partial charge >= 0.3 is 0 Å². The first kappa shape index (κ1) is 13.9. The van der Waals surface area contributed by atoms with Gasteiger partial charge in [-0.15, -0.1) is 0 Å². The molecule has 0 amide bonds. The maximum Gasteiger partial charge on any atom is 0.0264 e. The van der Waals surface area contributed by atoms with Crippen LogP contribution >= 0.6 is 0 Å². The summed E-state index contributed by atoms with van der Waals surface area (Å²) in [6, 6.07) is 1.20. The minimum Gasteiger partial charge on any atom is -0.329 e. The highest BCUT2D eigenvalue weighted by molar-refractivity contribution is 4.86. The molecule has 0 spiro atoms. The fourth-order valence-corrected chi connectivity index (χ4v) is 2.86. The minimum atomic E-state index is 0.265. The molecule has 0 aromatic heterocycles. The van der Waals surface area contributed by atoms with Gasteiger partial charge in [0.05, 0.1) is 0 Å². The van der Waals surface area contributed by atoms with Gasteiger partial charge in [-0.2, -0.15) is 0 Å².